The molecule has 0 aromatic rings. The van der Waals surface area contributed by atoms with Gasteiger partial charge in [-0.15, -0.1) is 0 Å². The molecule has 0 aliphatic rings. The van der Waals surface area contributed by atoms with E-state index in [1.807, 2.05) is 0 Å². The summed E-state index contributed by atoms with van der Waals surface area (Å²) in [4.78, 5) is 68.0. The summed E-state index contributed by atoms with van der Waals surface area (Å²) in [6.45, 7) is 1.21. The maximum absolute atomic E-state index is 11.7. The van der Waals surface area contributed by atoms with Gasteiger partial charge >= 0.3 is 23.9 Å². The van der Waals surface area contributed by atoms with E-state index in [1.165, 1.54) is 7.11 Å². The Bertz CT molecular complexity index is 666. The molecule has 0 aliphatic carbocycles. The van der Waals surface area contributed by atoms with Crippen LogP contribution in [-0.4, -0.2) is 75.7 Å². The lowest BCUT2D eigenvalue weighted by atomic mass is 10.2. The second kappa shape index (κ2) is 20.4. The van der Waals surface area contributed by atoms with Gasteiger partial charge in [0.25, 0.3) is 11.8 Å². The van der Waals surface area contributed by atoms with Gasteiger partial charge in [-0.3, -0.25) is 24.0 Å². The molecule has 0 aromatic carbocycles. The fourth-order valence-corrected chi connectivity index (χ4v) is 2.45. The van der Waals surface area contributed by atoms with Gasteiger partial charge in [0.05, 0.1) is 7.11 Å². The molecule has 0 aromatic heterocycles. The van der Waals surface area contributed by atoms with Gasteiger partial charge < -0.3 is 29.6 Å². The Hall–Kier alpha value is -3.18. The van der Waals surface area contributed by atoms with Crippen LogP contribution in [-0.2, 0) is 47.7 Å². The molecule has 0 radical (unpaired) electrons. The van der Waals surface area contributed by atoms with Crippen molar-refractivity contribution >= 4 is 35.7 Å². The summed E-state index contributed by atoms with van der Waals surface area (Å²) in [5.74, 6) is -3.00. The predicted molar refractivity (Wildman–Crippen MR) is 118 cm³/mol. The number of carbonyl (C=O) groups is 6. The molecule has 0 spiro atoms. The maximum atomic E-state index is 11.7. The molecule has 2 N–H and O–H groups in total. The van der Waals surface area contributed by atoms with Crippen molar-refractivity contribution in [1.82, 2.24) is 10.6 Å². The number of methoxy groups -OCH3 is 1. The molecule has 0 saturated carbocycles. The third-order valence-corrected chi connectivity index (χ3v) is 4.36. The molecule has 0 fully saturated rings. The van der Waals surface area contributed by atoms with Gasteiger partial charge in [0.2, 0.25) is 0 Å². The standard InChI is InChI=1S/C22H36N2O10/c1-3-19(27)32-14-17(25)23-12-8-4-5-9-13-24-18(26)15-33-22(30)16-34-21(29)11-7-6-10-20(28)31-2/h3-16H2,1-2H3,(H,23,25)(H,24,26). The van der Waals surface area contributed by atoms with Crippen molar-refractivity contribution < 1.29 is 47.7 Å². The van der Waals surface area contributed by atoms with Crippen LogP contribution in [0.15, 0.2) is 0 Å². The van der Waals surface area contributed by atoms with E-state index in [2.05, 4.69) is 15.4 Å². The van der Waals surface area contributed by atoms with Crippen molar-refractivity contribution in [3.63, 3.8) is 0 Å². The summed E-state index contributed by atoms with van der Waals surface area (Å²) in [6, 6.07) is 0. The lowest BCUT2D eigenvalue weighted by Crippen LogP contribution is -2.30. The third kappa shape index (κ3) is 19.5. The quantitative estimate of drug-likeness (QED) is 0.149. The monoisotopic (exact) mass is 488 g/mol. The van der Waals surface area contributed by atoms with Gasteiger partial charge in [0.1, 0.15) is 0 Å². The van der Waals surface area contributed by atoms with E-state index in [-0.39, 0.29) is 37.7 Å². The van der Waals surface area contributed by atoms with Gasteiger partial charge in [-0.2, -0.15) is 0 Å². The molecule has 12 nitrogen and oxygen atoms in total. The number of esters is 4. The van der Waals surface area contributed by atoms with Crippen LogP contribution >= 0.6 is 0 Å². The Balaban J connectivity index is 3.58. The highest BCUT2D eigenvalue weighted by Crippen LogP contribution is 2.02. The fraction of sp³-hybridized carbons (Fsp3) is 0.727. The molecule has 12 heteroatoms. The highest BCUT2D eigenvalue weighted by atomic mass is 16.6. The number of amides is 2. The first-order chi connectivity index (χ1) is 16.3. The largest absolute Gasteiger partial charge is 0.469 e. The number of unbranched alkanes of at least 4 members (excludes halogenated alkanes) is 4. The normalized spacial score (nSPS) is 10.1. The van der Waals surface area contributed by atoms with Crippen LogP contribution in [0.5, 0.6) is 0 Å². The molecule has 2 amide bonds. The minimum Gasteiger partial charge on any atom is -0.469 e. The maximum Gasteiger partial charge on any atom is 0.344 e. The number of nitrogens with one attached hydrogen (secondary N) is 2. The zero-order chi connectivity index (χ0) is 25.6. The van der Waals surface area contributed by atoms with E-state index in [0.717, 1.165) is 25.7 Å². The van der Waals surface area contributed by atoms with Crippen LogP contribution in [0.3, 0.4) is 0 Å². The van der Waals surface area contributed by atoms with Crippen LogP contribution in [0.4, 0.5) is 0 Å². The van der Waals surface area contributed by atoms with Crippen LogP contribution < -0.4 is 10.6 Å². The second-order valence-electron chi connectivity index (χ2n) is 7.23. The van der Waals surface area contributed by atoms with Crippen molar-refractivity contribution in [3.05, 3.63) is 0 Å². The molecule has 0 bridgehead atoms. The minimum atomic E-state index is -0.829. The summed E-state index contributed by atoms with van der Waals surface area (Å²) < 4.78 is 18.7. The van der Waals surface area contributed by atoms with E-state index >= 15 is 0 Å². The van der Waals surface area contributed by atoms with Crippen molar-refractivity contribution in [2.24, 2.45) is 0 Å². The lowest BCUT2D eigenvalue weighted by Gasteiger charge is -2.08. The van der Waals surface area contributed by atoms with E-state index in [0.29, 0.717) is 25.9 Å². The number of hydrogen-bond donors (Lipinski definition) is 2. The Morgan fingerprint density at radius 1 is 0.559 bits per heavy atom. The Morgan fingerprint density at radius 3 is 1.53 bits per heavy atom. The summed E-state index contributed by atoms with van der Waals surface area (Å²) in [6.07, 6.45) is 4.53. The molecule has 0 unspecified atom stereocenters. The number of carbonyl (C=O) groups excluding carboxylic acids is 6. The summed E-state index contributed by atoms with van der Waals surface area (Å²) in [5, 5.41) is 5.27. The highest BCUT2D eigenvalue weighted by molar-refractivity contribution is 5.82. The van der Waals surface area contributed by atoms with Gasteiger partial charge in [-0.1, -0.05) is 19.8 Å². The molecule has 0 heterocycles. The van der Waals surface area contributed by atoms with Crippen molar-refractivity contribution in [2.45, 2.75) is 64.7 Å². The van der Waals surface area contributed by atoms with E-state index in [4.69, 9.17) is 14.2 Å². The Labute approximate surface area is 199 Å². The Morgan fingerprint density at radius 2 is 1.03 bits per heavy atom. The molecule has 0 aliphatic heterocycles. The number of rotatable bonds is 19. The van der Waals surface area contributed by atoms with E-state index in [1.54, 1.807) is 6.92 Å². The third-order valence-electron chi connectivity index (χ3n) is 4.36. The zero-order valence-electron chi connectivity index (χ0n) is 20.0. The number of hydrogen-bond acceptors (Lipinski definition) is 10. The van der Waals surface area contributed by atoms with Crippen LogP contribution in [0.25, 0.3) is 0 Å². The van der Waals surface area contributed by atoms with Gasteiger partial charge in [-0.05, 0) is 25.7 Å². The van der Waals surface area contributed by atoms with Gasteiger partial charge in [0, 0.05) is 32.4 Å². The molecule has 0 saturated heterocycles. The van der Waals surface area contributed by atoms with Crippen molar-refractivity contribution in [2.75, 3.05) is 40.0 Å². The van der Waals surface area contributed by atoms with Crippen molar-refractivity contribution in [3.8, 4) is 0 Å². The second-order valence-corrected chi connectivity index (χ2v) is 7.23. The van der Waals surface area contributed by atoms with Crippen molar-refractivity contribution in [1.29, 1.82) is 0 Å². The molecular formula is C22H36N2O10. The minimum absolute atomic E-state index is 0.0610. The van der Waals surface area contributed by atoms with E-state index < -0.39 is 37.0 Å². The summed E-state index contributed by atoms with van der Waals surface area (Å²) >= 11 is 0. The van der Waals surface area contributed by atoms with Crippen LogP contribution in [0.2, 0.25) is 0 Å². The van der Waals surface area contributed by atoms with E-state index in [9.17, 15) is 28.8 Å². The Kier molecular flexibility index (Phi) is 18.5. The molecule has 34 heavy (non-hydrogen) atoms. The first-order valence-corrected chi connectivity index (χ1v) is 11.4. The first kappa shape index (κ1) is 30.8. The molecule has 0 rings (SSSR count). The first-order valence-electron chi connectivity index (χ1n) is 11.4. The van der Waals surface area contributed by atoms with Crippen LogP contribution in [0, 0.1) is 0 Å². The van der Waals surface area contributed by atoms with Gasteiger partial charge in [0.15, 0.2) is 19.8 Å². The SMILES string of the molecule is CCC(=O)OCC(=O)NCCCCCCNC(=O)COC(=O)COC(=O)CCCCC(=O)OC. The average molecular weight is 489 g/mol. The predicted octanol–water partition coefficient (Wildman–Crippen LogP) is 0.552. The van der Waals surface area contributed by atoms with Crippen LogP contribution in [0.1, 0.15) is 64.7 Å². The molecular weight excluding hydrogens is 452 g/mol. The number of ether oxygens (including phenoxy) is 4. The summed E-state index contributed by atoms with van der Waals surface area (Å²) in [5.41, 5.74) is 0. The summed E-state index contributed by atoms with van der Waals surface area (Å²) in [7, 11) is 1.29. The topological polar surface area (TPSA) is 163 Å². The fourth-order valence-electron chi connectivity index (χ4n) is 2.45. The molecule has 0 atom stereocenters. The average Bonchev–Trinajstić information content (AvgIpc) is 2.83. The lowest BCUT2D eigenvalue weighted by molar-refractivity contribution is -0.160. The molecule has 194 valence electrons. The smallest absolute Gasteiger partial charge is 0.344 e. The van der Waals surface area contributed by atoms with Gasteiger partial charge in [-0.25, -0.2) is 4.79 Å². The zero-order valence-corrected chi connectivity index (χ0v) is 20.0. The highest BCUT2D eigenvalue weighted by Gasteiger charge is 2.11.